The molecule has 3 N–H and O–H groups in total. The Morgan fingerprint density at radius 2 is 2.16 bits per heavy atom. The summed E-state index contributed by atoms with van der Waals surface area (Å²) >= 11 is 3.29. The topological polar surface area (TPSA) is 91.8 Å². The van der Waals surface area contributed by atoms with Gasteiger partial charge in [0.15, 0.2) is 0 Å². The van der Waals surface area contributed by atoms with E-state index >= 15 is 0 Å². The molecule has 2 rings (SSSR count). The highest BCUT2D eigenvalue weighted by Crippen LogP contribution is 2.21. The summed E-state index contributed by atoms with van der Waals surface area (Å²) in [5.74, 6) is -0.415. The monoisotopic (exact) mass is 316 g/mol. The van der Waals surface area contributed by atoms with Crippen molar-refractivity contribution in [1.29, 1.82) is 5.26 Å². The summed E-state index contributed by atoms with van der Waals surface area (Å²) in [7, 11) is 0. The smallest absolute Gasteiger partial charge is 0.274 e. The number of hydrogen-bond donors (Lipinski definition) is 2. The zero-order chi connectivity index (χ0) is 13.8. The van der Waals surface area contributed by atoms with E-state index in [1.165, 1.54) is 12.3 Å². The van der Waals surface area contributed by atoms with Crippen LogP contribution in [0.2, 0.25) is 0 Å². The first-order valence-corrected chi connectivity index (χ1v) is 6.12. The number of nitrogens with two attached hydrogens (primary N) is 1. The predicted molar refractivity (Wildman–Crippen MR) is 75.5 cm³/mol. The van der Waals surface area contributed by atoms with E-state index in [4.69, 9.17) is 11.0 Å². The third-order valence-electron chi connectivity index (χ3n) is 2.37. The molecule has 0 aliphatic carbocycles. The van der Waals surface area contributed by atoms with Gasteiger partial charge in [0.05, 0.1) is 11.3 Å². The molecule has 0 aliphatic heterocycles. The van der Waals surface area contributed by atoms with Crippen LogP contribution in [0.25, 0.3) is 0 Å². The number of benzene rings is 1. The molecule has 0 saturated heterocycles. The summed E-state index contributed by atoms with van der Waals surface area (Å²) in [5.41, 5.74) is 7.04. The van der Waals surface area contributed by atoms with Gasteiger partial charge in [0.25, 0.3) is 5.91 Å². The first kappa shape index (κ1) is 13.1. The number of nitrogens with one attached hydrogen (secondary N) is 1. The van der Waals surface area contributed by atoms with Crippen molar-refractivity contribution in [2.75, 3.05) is 11.1 Å². The normalized spacial score (nSPS) is 9.68. The highest BCUT2D eigenvalue weighted by molar-refractivity contribution is 9.10. The van der Waals surface area contributed by atoms with E-state index in [1.807, 2.05) is 6.07 Å². The summed E-state index contributed by atoms with van der Waals surface area (Å²) in [6, 6.07) is 10.1. The van der Waals surface area contributed by atoms with Crippen molar-refractivity contribution in [2.24, 2.45) is 0 Å². The zero-order valence-corrected chi connectivity index (χ0v) is 11.3. The Balaban J connectivity index is 2.29. The molecular formula is C13H9BrN4O. The minimum absolute atomic E-state index is 0.198. The lowest BCUT2D eigenvalue weighted by Gasteiger charge is -2.07. The van der Waals surface area contributed by atoms with Crippen LogP contribution in [0.1, 0.15) is 16.1 Å². The van der Waals surface area contributed by atoms with Crippen molar-refractivity contribution in [3.8, 4) is 6.07 Å². The minimum atomic E-state index is -0.415. The molecule has 5 nitrogen and oxygen atoms in total. The Kier molecular flexibility index (Phi) is 3.78. The minimum Gasteiger partial charge on any atom is -0.399 e. The molecule has 19 heavy (non-hydrogen) atoms. The lowest BCUT2D eigenvalue weighted by molar-refractivity contribution is 0.102. The number of pyridine rings is 1. The van der Waals surface area contributed by atoms with Gasteiger partial charge in [0.2, 0.25) is 0 Å². The number of aromatic nitrogens is 1. The molecule has 0 saturated carbocycles. The van der Waals surface area contributed by atoms with Crippen molar-refractivity contribution < 1.29 is 4.79 Å². The highest BCUT2D eigenvalue weighted by Gasteiger charge is 2.11. The van der Waals surface area contributed by atoms with E-state index < -0.39 is 5.91 Å². The van der Waals surface area contributed by atoms with Gasteiger partial charge in [0.1, 0.15) is 11.8 Å². The van der Waals surface area contributed by atoms with Crippen LogP contribution >= 0.6 is 15.9 Å². The second-order valence-corrected chi connectivity index (χ2v) is 4.65. The maximum absolute atomic E-state index is 12.0. The van der Waals surface area contributed by atoms with Crippen molar-refractivity contribution in [3.05, 3.63) is 52.3 Å². The van der Waals surface area contributed by atoms with Gasteiger partial charge in [-0.15, -0.1) is 0 Å². The first-order valence-electron chi connectivity index (χ1n) is 5.32. The molecule has 0 radical (unpaired) electrons. The zero-order valence-electron chi connectivity index (χ0n) is 9.72. The second-order valence-electron chi connectivity index (χ2n) is 3.73. The molecule has 0 bridgehead atoms. The average molecular weight is 317 g/mol. The number of nitriles is 1. The molecular weight excluding hydrogens is 308 g/mol. The van der Waals surface area contributed by atoms with E-state index in [2.05, 4.69) is 26.2 Å². The number of hydrogen-bond acceptors (Lipinski definition) is 4. The van der Waals surface area contributed by atoms with Crippen molar-refractivity contribution in [3.63, 3.8) is 0 Å². The molecule has 0 spiro atoms. The van der Waals surface area contributed by atoms with E-state index in [0.29, 0.717) is 16.9 Å². The summed E-state index contributed by atoms with van der Waals surface area (Å²) in [5, 5.41) is 11.6. The molecule has 0 aliphatic rings. The number of rotatable bonds is 2. The molecule has 1 aromatic carbocycles. The number of amides is 1. The third kappa shape index (κ3) is 3.09. The van der Waals surface area contributed by atoms with E-state index in [1.54, 1.807) is 24.3 Å². The third-order valence-corrected chi connectivity index (χ3v) is 2.86. The van der Waals surface area contributed by atoms with Gasteiger partial charge >= 0.3 is 0 Å². The van der Waals surface area contributed by atoms with Crippen LogP contribution < -0.4 is 11.1 Å². The number of carbonyl (C=O) groups is 1. The Morgan fingerprint density at radius 1 is 1.37 bits per heavy atom. The molecule has 1 aromatic heterocycles. The summed E-state index contributed by atoms with van der Waals surface area (Å²) in [6.45, 7) is 0. The van der Waals surface area contributed by atoms with Crippen LogP contribution in [0, 0.1) is 11.3 Å². The first-order chi connectivity index (χ1) is 9.10. The second kappa shape index (κ2) is 5.50. The Hall–Kier alpha value is -2.39. The van der Waals surface area contributed by atoms with Gasteiger partial charge in [-0.3, -0.25) is 9.78 Å². The fourth-order valence-electron chi connectivity index (χ4n) is 1.47. The number of halogens is 1. The van der Waals surface area contributed by atoms with Crippen molar-refractivity contribution >= 4 is 33.2 Å². The number of nitrogen functional groups attached to an aromatic ring is 1. The van der Waals surface area contributed by atoms with Crippen LogP contribution in [0.5, 0.6) is 0 Å². The fourth-order valence-corrected chi connectivity index (χ4v) is 1.84. The van der Waals surface area contributed by atoms with E-state index in [-0.39, 0.29) is 5.69 Å². The van der Waals surface area contributed by atoms with Gasteiger partial charge in [-0.25, -0.2) is 0 Å². The molecule has 0 fully saturated rings. The Bertz CT molecular complexity index is 679. The maximum Gasteiger partial charge on any atom is 0.274 e. The average Bonchev–Trinajstić information content (AvgIpc) is 2.39. The molecule has 1 heterocycles. The van der Waals surface area contributed by atoms with Gasteiger partial charge < -0.3 is 11.1 Å². The van der Waals surface area contributed by atoms with Gasteiger partial charge in [0, 0.05) is 16.4 Å². The highest BCUT2D eigenvalue weighted by atomic mass is 79.9. The number of carbonyl (C=O) groups excluding carboxylic acids is 1. The lowest BCUT2D eigenvalue weighted by Crippen LogP contribution is -2.14. The van der Waals surface area contributed by atoms with Crippen molar-refractivity contribution in [2.45, 2.75) is 0 Å². The molecule has 2 aromatic rings. The summed E-state index contributed by atoms with van der Waals surface area (Å²) in [4.78, 5) is 15.9. The molecule has 6 heteroatoms. The Morgan fingerprint density at radius 3 is 2.84 bits per heavy atom. The van der Waals surface area contributed by atoms with E-state index in [0.717, 1.165) is 4.47 Å². The quantitative estimate of drug-likeness (QED) is 0.890. The number of anilines is 2. The SMILES string of the molecule is N#Cc1ccc(Br)cc1NC(=O)c1cc(N)ccn1. The van der Waals surface area contributed by atoms with Crippen LogP contribution in [0.3, 0.4) is 0 Å². The summed E-state index contributed by atoms with van der Waals surface area (Å²) in [6.07, 6.45) is 1.45. The molecule has 94 valence electrons. The van der Waals surface area contributed by atoms with Crippen LogP contribution in [0.15, 0.2) is 41.0 Å². The fraction of sp³-hybridized carbons (Fsp3) is 0. The van der Waals surface area contributed by atoms with Crippen LogP contribution in [-0.2, 0) is 0 Å². The van der Waals surface area contributed by atoms with Crippen LogP contribution in [-0.4, -0.2) is 10.9 Å². The van der Waals surface area contributed by atoms with Gasteiger partial charge in [-0.05, 0) is 30.3 Å². The Labute approximate surface area is 118 Å². The largest absolute Gasteiger partial charge is 0.399 e. The lowest BCUT2D eigenvalue weighted by atomic mass is 10.2. The van der Waals surface area contributed by atoms with E-state index in [9.17, 15) is 4.79 Å². The maximum atomic E-state index is 12.0. The predicted octanol–water partition coefficient (Wildman–Crippen LogP) is 2.55. The van der Waals surface area contributed by atoms with Gasteiger partial charge in [-0.1, -0.05) is 15.9 Å². The number of nitrogens with zero attached hydrogens (tertiary/aromatic N) is 2. The molecule has 0 atom stereocenters. The summed E-state index contributed by atoms with van der Waals surface area (Å²) < 4.78 is 0.766. The molecule has 1 amide bonds. The van der Waals surface area contributed by atoms with Gasteiger partial charge in [-0.2, -0.15) is 5.26 Å². The van der Waals surface area contributed by atoms with Crippen LogP contribution in [0.4, 0.5) is 11.4 Å². The standard InChI is InChI=1S/C13H9BrN4O/c14-9-2-1-8(7-15)11(5-9)18-13(19)12-6-10(16)3-4-17-12/h1-6H,(H2,16,17)(H,18,19). The molecule has 0 unspecified atom stereocenters. The van der Waals surface area contributed by atoms with Crippen molar-refractivity contribution in [1.82, 2.24) is 4.98 Å².